The van der Waals surface area contributed by atoms with Gasteiger partial charge < -0.3 is 36.6 Å². The van der Waals surface area contributed by atoms with Crippen LogP contribution in [0.25, 0.3) is 5.76 Å². The Labute approximate surface area is 374 Å². The fraction of sp³-hybridized carbons (Fsp3) is 0.373. The molecule has 0 radical (unpaired) electrons. The summed E-state index contributed by atoms with van der Waals surface area (Å²) in [6.45, 7) is 1.66. The maximum Gasteiger partial charge on any atom is 0.255 e. The second kappa shape index (κ2) is 19.2. The molecule has 1 fully saturated rings. The third kappa shape index (κ3) is 8.17. The fourth-order valence-electron chi connectivity index (χ4n) is 10.5. The summed E-state index contributed by atoms with van der Waals surface area (Å²) >= 11 is 0. The third-order valence-electron chi connectivity index (χ3n) is 13.6. The summed E-state index contributed by atoms with van der Waals surface area (Å²) in [5.74, 6) is -10.1. The first kappa shape index (κ1) is 46.3. The summed E-state index contributed by atoms with van der Waals surface area (Å²) in [4.78, 5) is 54.5. The van der Waals surface area contributed by atoms with Gasteiger partial charge in [0.25, 0.3) is 5.91 Å². The van der Waals surface area contributed by atoms with Crippen molar-refractivity contribution >= 4 is 58.0 Å². The number of phenols is 1. The van der Waals surface area contributed by atoms with Gasteiger partial charge in [-0.2, -0.15) is 0 Å². The molecule has 13 heteroatoms. The van der Waals surface area contributed by atoms with Crippen LogP contribution in [0.15, 0.2) is 120 Å². The van der Waals surface area contributed by atoms with Gasteiger partial charge in [0.2, 0.25) is 11.7 Å². The maximum atomic E-state index is 14.3. The monoisotopic (exact) mass is 888 g/mol. The number of aliphatic hydroxyl groups excluding tert-OH is 3. The van der Waals surface area contributed by atoms with Crippen molar-refractivity contribution < 1.29 is 44.7 Å². The predicted molar refractivity (Wildman–Crippen MR) is 251 cm³/mol. The minimum atomic E-state index is -3.01. The summed E-state index contributed by atoms with van der Waals surface area (Å²) in [7, 11) is 1.07. The van der Waals surface area contributed by atoms with E-state index in [0.717, 1.165) is 51.1 Å². The molecule has 4 aromatic carbocycles. The van der Waals surface area contributed by atoms with Crippen LogP contribution in [0, 0.1) is 11.8 Å². The second-order valence-electron chi connectivity index (χ2n) is 17.6. The number of hydrogen-bond donors (Lipinski definition) is 7. The maximum absolute atomic E-state index is 14.3. The number of amides is 2. The van der Waals surface area contributed by atoms with E-state index in [-0.39, 0.29) is 23.6 Å². The van der Waals surface area contributed by atoms with Crippen molar-refractivity contribution in [2.75, 3.05) is 25.6 Å². The molecule has 0 heterocycles. The number of aromatic hydroxyl groups is 1. The molecule has 6 atom stereocenters. The van der Waals surface area contributed by atoms with Gasteiger partial charge in [0.05, 0.1) is 35.5 Å². The van der Waals surface area contributed by atoms with Gasteiger partial charge in [0, 0.05) is 17.9 Å². The number of ketones is 2. The van der Waals surface area contributed by atoms with Gasteiger partial charge in [0.1, 0.15) is 46.0 Å². The molecule has 0 bridgehead atoms. The van der Waals surface area contributed by atoms with Crippen LogP contribution in [0.2, 0.25) is 0 Å². The van der Waals surface area contributed by atoms with Crippen molar-refractivity contribution in [3.8, 4) is 5.75 Å². The standard InChI is InChI=1S/C51H58N3O9P/c1-31-35-28-29-36(44(56)39(35)45(57)40-38(31)46(58)42-43(54(2)3)47(59)41(50(52)62)49(61)51(42,63)48(40)60)53-37(55)27-19-8-6-4-5-7-9-20-30-64(32-21-13-10-14-22-32,33-23-15-11-16-24-33)34-25-17-12-18-26-34/h10-18,21-26,28-29,31,38,42-43,46,58,63H,4-9,19-20,27,30H2,1-3H3,(H5-,52,53,55,56,57,59,60,61,62)/p+1/t31-,38+,42+,43-,46-,51-/m0/s1. The van der Waals surface area contributed by atoms with Gasteiger partial charge >= 0.3 is 0 Å². The van der Waals surface area contributed by atoms with Crippen molar-refractivity contribution in [1.82, 2.24) is 4.90 Å². The highest BCUT2D eigenvalue weighted by atomic mass is 31.2. The van der Waals surface area contributed by atoms with Crippen molar-refractivity contribution in [1.29, 1.82) is 0 Å². The molecule has 3 aliphatic rings. The molecular formula is C51H59N3O9P+. The van der Waals surface area contributed by atoms with E-state index in [9.17, 15) is 44.7 Å². The molecule has 4 aromatic rings. The average molecular weight is 889 g/mol. The zero-order valence-corrected chi connectivity index (χ0v) is 37.5. The lowest BCUT2D eigenvalue weighted by atomic mass is 9.54. The van der Waals surface area contributed by atoms with Crippen molar-refractivity contribution in [2.45, 2.75) is 88.4 Å². The number of hydrogen-bond acceptors (Lipinski definition) is 10. The molecule has 7 rings (SSSR count). The molecule has 3 aliphatic carbocycles. The van der Waals surface area contributed by atoms with Gasteiger partial charge in [-0.25, -0.2) is 0 Å². The molecule has 0 saturated heterocycles. The number of nitrogens with two attached hydrogens (primary N) is 1. The number of nitrogens with one attached hydrogen (secondary N) is 1. The highest BCUT2D eigenvalue weighted by Crippen LogP contribution is 2.58. The predicted octanol–water partition coefficient (Wildman–Crippen LogP) is 5.94. The molecule has 0 unspecified atom stereocenters. The zero-order chi connectivity index (χ0) is 45.9. The number of Topliss-reactive ketones (excluding diaryl/α,β-unsaturated/α-hetero) is 2. The minimum absolute atomic E-state index is 0.00472. The van der Waals surface area contributed by atoms with E-state index in [2.05, 4.69) is 96.3 Å². The zero-order valence-electron chi connectivity index (χ0n) is 36.6. The van der Waals surface area contributed by atoms with Crippen molar-refractivity contribution in [3.63, 3.8) is 0 Å². The van der Waals surface area contributed by atoms with Crippen LogP contribution in [-0.4, -0.2) is 91.8 Å². The lowest BCUT2D eigenvalue weighted by Gasteiger charge is -2.53. The minimum Gasteiger partial charge on any atom is -0.508 e. The molecule has 2 amide bonds. The first-order valence-electron chi connectivity index (χ1n) is 22.2. The lowest BCUT2D eigenvalue weighted by Crippen LogP contribution is -2.70. The number of unbranched alkanes of at least 4 members (excludes halogenated alkanes) is 7. The number of primary amides is 1. The number of likely N-dealkylation sites (N-methyl/N-ethyl adjacent to an activating group) is 1. The van der Waals surface area contributed by atoms with E-state index in [4.69, 9.17) is 5.73 Å². The van der Waals surface area contributed by atoms with E-state index in [1.165, 1.54) is 41.0 Å². The summed E-state index contributed by atoms with van der Waals surface area (Å²) in [5.41, 5.74) is 1.10. The Morgan fingerprint density at radius 1 is 0.750 bits per heavy atom. The molecule has 8 N–H and O–H groups in total. The van der Waals surface area contributed by atoms with E-state index in [1.54, 1.807) is 13.0 Å². The lowest BCUT2D eigenvalue weighted by molar-refractivity contribution is -0.169. The van der Waals surface area contributed by atoms with E-state index in [1.807, 2.05) is 0 Å². The number of phenolic OH excluding ortho intramolecular Hbond substituents is 1. The first-order chi connectivity index (χ1) is 30.7. The Morgan fingerprint density at radius 3 is 1.75 bits per heavy atom. The van der Waals surface area contributed by atoms with Gasteiger partial charge in [-0.1, -0.05) is 99.7 Å². The van der Waals surface area contributed by atoms with Crippen LogP contribution >= 0.6 is 7.26 Å². The summed E-state index contributed by atoms with van der Waals surface area (Å²) in [6.07, 6.45) is 7.63. The normalized spacial score (nSPS) is 23.1. The van der Waals surface area contributed by atoms with E-state index in [0.29, 0.717) is 12.0 Å². The number of carbonyl (C=O) groups excluding carboxylic acids is 4. The number of aliphatic hydroxyl groups is 4. The first-order valence-corrected chi connectivity index (χ1v) is 24.2. The Kier molecular flexibility index (Phi) is 13.9. The topological polar surface area (TPSA) is 211 Å². The Morgan fingerprint density at radius 2 is 1.25 bits per heavy atom. The molecule has 12 nitrogen and oxygen atoms in total. The summed E-state index contributed by atoms with van der Waals surface area (Å²) in [6, 6.07) is 34.4. The van der Waals surface area contributed by atoms with Gasteiger partial charge in [0.15, 0.2) is 11.4 Å². The molecule has 336 valence electrons. The highest BCUT2D eigenvalue weighted by molar-refractivity contribution is 7.95. The molecule has 1 saturated carbocycles. The number of rotatable bonds is 17. The molecule has 0 aliphatic heterocycles. The van der Waals surface area contributed by atoms with Crippen LogP contribution in [0.4, 0.5) is 5.69 Å². The van der Waals surface area contributed by atoms with E-state index < -0.39 is 88.7 Å². The highest BCUT2D eigenvalue weighted by Gasteiger charge is 2.68. The molecule has 0 spiro atoms. The smallest absolute Gasteiger partial charge is 0.255 e. The van der Waals surface area contributed by atoms with Gasteiger partial charge in [-0.05, 0) is 87.3 Å². The van der Waals surface area contributed by atoms with Crippen LogP contribution in [0.5, 0.6) is 5.75 Å². The number of benzene rings is 4. The second-order valence-corrected chi connectivity index (χ2v) is 21.3. The van der Waals surface area contributed by atoms with Crippen molar-refractivity contribution in [3.05, 3.63) is 131 Å². The molecular weight excluding hydrogens is 830 g/mol. The largest absolute Gasteiger partial charge is 0.508 e. The van der Waals surface area contributed by atoms with E-state index >= 15 is 0 Å². The number of nitrogens with zero attached hydrogens (tertiary/aromatic N) is 1. The Balaban J connectivity index is 0.944. The third-order valence-corrected chi connectivity index (χ3v) is 18.2. The SMILES string of the molecule is C[C@H]1c2ccc(NC(=O)CCCCCCCCCC[P+](c3ccccc3)(c3ccccc3)c3ccccc3)c(O)c2C(O)=C2C(=O)[C@]3(O)C(O)=C(C(N)=O)C(=O)[C@@H](N(C)C)[C@@H]3[C@@H](O)[C@@H]21. The quantitative estimate of drug-likeness (QED) is 0.0287. The van der Waals surface area contributed by atoms with Crippen LogP contribution in [-0.2, 0) is 19.2 Å². The molecule has 64 heavy (non-hydrogen) atoms. The van der Waals surface area contributed by atoms with Crippen LogP contribution in [0.1, 0.15) is 81.8 Å². The van der Waals surface area contributed by atoms with Crippen molar-refractivity contribution in [2.24, 2.45) is 17.6 Å². The Bertz CT molecular complexity index is 2360. The molecule has 0 aromatic heterocycles. The van der Waals surface area contributed by atoms with Crippen LogP contribution < -0.4 is 27.0 Å². The summed E-state index contributed by atoms with van der Waals surface area (Å²) in [5, 5.41) is 64.9. The Hall–Kier alpha value is -5.65. The fourth-order valence-corrected chi connectivity index (χ4v) is 14.9. The number of fused-ring (bicyclic) bond motifs is 3. The van der Waals surface area contributed by atoms with Gasteiger partial charge in [-0.3, -0.25) is 24.1 Å². The average Bonchev–Trinajstić information content (AvgIpc) is 3.28. The summed E-state index contributed by atoms with van der Waals surface area (Å²) < 4.78 is 0. The van der Waals surface area contributed by atoms with Gasteiger partial charge in [-0.15, -0.1) is 0 Å². The van der Waals surface area contributed by atoms with Crippen LogP contribution in [0.3, 0.4) is 0 Å². The number of anilines is 1. The number of carbonyl (C=O) groups is 4.